The molecule has 1 aromatic carbocycles. The summed E-state index contributed by atoms with van der Waals surface area (Å²) in [6.45, 7) is 10.1. The van der Waals surface area contributed by atoms with E-state index < -0.39 is 0 Å². The molecule has 0 spiro atoms. The molecule has 1 aliphatic heterocycles. The smallest absolute Gasteiger partial charge is 0.142 e. The molecule has 2 N–H and O–H groups in total. The zero-order valence-electron chi connectivity index (χ0n) is 12.9. The minimum atomic E-state index is 0.676. The quantitative estimate of drug-likeness (QED) is 0.668. The van der Waals surface area contributed by atoms with E-state index in [9.17, 15) is 0 Å². The zero-order chi connectivity index (χ0) is 14.8. The van der Waals surface area contributed by atoms with Crippen molar-refractivity contribution in [2.75, 3.05) is 64.0 Å². The fourth-order valence-electron chi connectivity index (χ4n) is 2.39. The van der Waals surface area contributed by atoms with Gasteiger partial charge in [0, 0.05) is 45.9 Å². The largest absolute Gasteiger partial charge is 0.490 e. The summed E-state index contributed by atoms with van der Waals surface area (Å²) < 4.78 is 11.2. The Labute approximate surface area is 127 Å². The van der Waals surface area contributed by atoms with Gasteiger partial charge in [-0.25, -0.2) is 0 Å². The van der Waals surface area contributed by atoms with Crippen LogP contribution in [0.15, 0.2) is 24.3 Å². The summed E-state index contributed by atoms with van der Waals surface area (Å²) in [6.07, 6.45) is 0. The molecule has 0 radical (unpaired) electrons. The monoisotopic (exact) mass is 293 g/mol. The number of nitrogens with one attached hydrogen (secondary N) is 2. The number of rotatable bonds is 9. The van der Waals surface area contributed by atoms with Gasteiger partial charge in [-0.1, -0.05) is 12.1 Å². The first-order valence-electron chi connectivity index (χ1n) is 7.87. The minimum Gasteiger partial charge on any atom is -0.490 e. The molecule has 0 aromatic heterocycles. The highest BCUT2D eigenvalue weighted by molar-refractivity contribution is 5.58. The first kappa shape index (κ1) is 16.1. The highest BCUT2D eigenvalue weighted by Gasteiger charge is 2.14. The first-order valence-corrected chi connectivity index (χ1v) is 7.87. The molecule has 118 valence electrons. The topological polar surface area (TPSA) is 45.8 Å². The fraction of sp³-hybridized carbons (Fsp3) is 0.625. The number of nitrogens with zero attached hydrogens (tertiary/aromatic N) is 1. The SMILES string of the molecule is CCOCCNCCOc1ccccc1N1CCNCC1. The van der Waals surface area contributed by atoms with Gasteiger partial charge in [0.05, 0.1) is 12.3 Å². The number of benzene rings is 1. The molecule has 1 heterocycles. The third kappa shape index (κ3) is 5.53. The van der Waals surface area contributed by atoms with Gasteiger partial charge in [0.2, 0.25) is 0 Å². The summed E-state index contributed by atoms with van der Waals surface area (Å²) in [5.41, 5.74) is 1.20. The Balaban J connectivity index is 1.74. The maximum absolute atomic E-state index is 5.93. The third-order valence-corrected chi connectivity index (χ3v) is 3.49. The number of anilines is 1. The third-order valence-electron chi connectivity index (χ3n) is 3.49. The van der Waals surface area contributed by atoms with E-state index in [0.29, 0.717) is 6.61 Å². The van der Waals surface area contributed by atoms with Crippen LogP contribution in [0.5, 0.6) is 5.75 Å². The molecule has 1 aliphatic rings. The average Bonchev–Trinajstić information content (AvgIpc) is 2.55. The van der Waals surface area contributed by atoms with Crippen LogP contribution in [0.3, 0.4) is 0 Å². The van der Waals surface area contributed by atoms with Gasteiger partial charge in [-0.05, 0) is 19.1 Å². The number of ether oxygens (including phenoxy) is 2. The second-order valence-corrected chi connectivity index (χ2v) is 5.00. The highest BCUT2D eigenvalue weighted by Crippen LogP contribution is 2.27. The predicted octanol–water partition coefficient (Wildman–Crippen LogP) is 1.10. The lowest BCUT2D eigenvalue weighted by atomic mass is 10.2. The van der Waals surface area contributed by atoms with Gasteiger partial charge in [0.15, 0.2) is 0 Å². The van der Waals surface area contributed by atoms with Crippen LogP contribution in [0.4, 0.5) is 5.69 Å². The number of hydrogen-bond acceptors (Lipinski definition) is 5. The minimum absolute atomic E-state index is 0.676. The van der Waals surface area contributed by atoms with Gasteiger partial charge in [0.25, 0.3) is 0 Å². The van der Waals surface area contributed by atoms with E-state index in [1.54, 1.807) is 0 Å². The van der Waals surface area contributed by atoms with Crippen LogP contribution >= 0.6 is 0 Å². The molecule has 0 atom stereocenters. The molecular weight excluding hydrogens is 266 g/mol. The molecule has 0 bridgehead atoms. The maximum Gasteiger partial charge on any atom is 0.142 e. The van der Waals surface area contributed by atoms with E-state index in [0.717, 1.165) is 58.2 Å². The standard InChI is InChI=1S/C16H27N3O2/c1-2-20-13-9-18-10-14-21-16-6-4-3-5-15(16)19-11-7-17-8-12-19/h3-6,17-18H,2,7-14H2,1H3. The van der Waals surface area contributed by atoms with Crippen LogP contribution in [0, 0.1) is 0 Å². The Morgan fingerprint density at radius 3 is 2.71 bits per heavy atom. The lowest BCUT2D eigenvalue weighted by molar-refractivity contribution is 0.148. The predicted molar refractivity (Wildman–Crippen MR) is 86.4 cm³/mol. The van der Waals surface area contributed by atoms with Crippen molar-refractivity contribution in [2.45, 2.75) is 6.92 Å². The Morgan fingerprint density at radius 2 is 1.90 bits per heavy atom. The van der Waals surface area contributed by atoms with E-state index in [2.05, 4.69) is 33.7 Å². The van der Waals surface area contributed by atoms with Crippen LogP contribution < -0.4 is 20.3 Å². The second-order valence-electron chi connectivity index (χ2n) is 5.00. The Bertz CT molecular complexity index is 395. The summed E-state index contributed by atoms with van der Waals surface area (Å²) in [7, 11) is 0. The second kappa shape index (κ2) is 9.60. The van der Waals surface area contributed by atoms with E-state index in [-0.39, 0.29) is 0 Å². The number of piperazine rings is 1. The molecule has 0 amide bonds. The van der Waals surface area contributed by atoms with E-state index in [1.165, 1.54) is 5.69 Å². The summed E-state index contributed by atoms with van der Waals surface area (Å²) in [6, 6.07) is 8.30. The summed E-state index contributed by atoms with van der Waals surface area (Å²) in [5, 5.41) is 6.69. The number of hydrogen-bond donors (Lipinski definition) is 2. The normalized spacial score (nSPS) is 15.2. The molecule has 1 aromatic rings. The highest BCUT2D eigenvalue weighted by atomic mass is 16.5. The molecule has 21 heavy (non-hydrogen) atoms. The molecule has 5 nitrogen and oxygen atoms in total. The fourth-order valence-corrected chi connectivity index (χ4v) is 2.39. The van der Waals surface area contributed by atoms with Crippen molar-refractivity contribution in [3.63, 3.8) is 0 Å². The Hall–Kier alpha value is -1.30. The molecule has 0 saturated carbocycles. The maximum atomic E-state index is 5.93. The molecule has 1 fully saturated rings. The van der Waals surface area contributed by atoms with Gasteiger partial charge >= 0.3 is 0 Å². The van der Waals surface area contributed by atoms with Gasteiger partial charge in [-0.2, -0.15) is 0 Å². The van der Waals surface area contributed by atoms with Crippen molar-refractivity contribution in [3.05, 3.63) is 24.3 Å². The van der Waals surface area contributed by atoms with Crippen molar-refractivity contribution >= 4 is 5.69 Å². The Kier molecular flexibility index (Phi) is 7.35. The van der Waals surface area contributed by atoms with Crippen LogP contribution in [-0.4, -0.2) is 59.1 Å². The summed E-state index contributed by atoms with van der Waals surface area (Å²) >= 11 is 0. The van der Waals surface area contributed by atoms with Gasteiger partial charge in [0.1, 0.15) is 12.4 Å². The summed E-state index contributed by atoms with van der Waals surface area (Å²) in [5.74, 6) is 0.978. The van der Waals surface area contributed by atoms with E-state index in [4.69, 9.17) is 9.47 Å². The molecule has 2 rings (SSSR count). The van der Waals surface area contributed by atoms with Crippen molar-refractivity contribution in [1.82, 2.24) is 10.6 Å². The van der Waals surface area contributed by atoms with Crippen LogP contribution in [-0.2, 0) is 4.74 Å². The van der Waals surface area contributed by atoms with Crippen molar-refractivity contribution in [1.29, 1.82) is 0 Å². The molecule has 5 heteroatoms. The van der Waals surface area contributed by atoms with Crippen LogP contribution in [0.2, 0.25) is 0 Å². The molecule has 0 aliphatic carbocycles. The first-order chi connectivity index (χ1) is 10.4. The molecular formula is C16H27N3O2. The molecule has 0 unspecified atom stereocenters. The van der Waals surface area contributed by atoms with Gasteiger partial charge < -0.3 is 25.0 Å². The van der Waals surface area contributed by atoms with Gasteiger partial charge in [-0.3, -0.25) is 0 Å². The lowest BCUT2D eigenvalue weighted by Crippen LogP contribution is -2.43. The Morgan fingerprint density at radius 1 is 1.14 bits per heavy atom. The van der Waals surface area contributed by atoms with Crippen molar-refractivity contribution in [3.8, 4) is 5.75 Å². The van der Waals surface area contributed by atoms with E-state index >= 15 is 0 Å². The zero-order valence-corrected chi connectivity index (χ0v) is 12.9. The van der Waals surface area contributed by atoms with Crippen LogP contribution in [0.25, 0.3) is 0 Å². The van der Waals surface area contributed by atoms with Gasteiger partial charge in [-0.15, -0.1) is 0 Å². The van der Waals surface area contributed by atoms with E-state index in [1.807, 2.05) is 13.0 Å². The summed E-state index contributed by atoms with van der Waals surface area (Å²) in [4.78, 5) is 2.38. The molecule has 1 saturated heterocycles. The average molecular weight is 293 g/mol. The van der Waals surface area contributed by atoms with Crippen molar-refractivity contribution < 1.29 is 9.47 Å². The van der Waals surface area contributed by atoms with Crippen molar-refractivity contribution in [2.24, 2.45) is 0 Å². The lowest BCUT2D eigenvalue weighted by Gasteiger charge is -2.30. The van der Waals surface area contributed by atoms with Crippen LogP contribution in [0.1, 0.15) is 6.92 Å². The number of para-hydroxylation sites is 2.